The van der Waals surface area contributed by atoms with E-state index >= 15 is 0 Å². The van der Waals surface area contributed by atoms with Crippen molar-refractivity contribution in [2.24, 2.45) is 5.73 Å². The molecule has 0 aliphatic carbocycles. The Morgan fingerprint density at radius 3 is 2.39 bits per heavy atom. The molecule has 1 atom stereocenters. The first-order valence-electron chi connectivity index (χ1n) is 5.95. The van der Waals surface area contributed by atoms with Crippen LogP contribution in [0.4, 0.5) is 0 Å². The van der Waals surface area contributed by atoms with Gasteiger partial charge < -0.3 is 10.5 Å². The molecule has 94 valence electrons. The van der Waals surface area contributed by atoms with Gasteiger partial charge in [0.25, 0.3) is 0 Å². The average Bonchev–Trinajstić information content (AvgIpc) is 2.40. The molecule has 0 fully saturated rings. The first kappa shape index (κ1) is 13.1. The largest absolute Gasteiger partial charge is 0.494 e. The SMILES string of the molecule is CCOc1ccc(C(N)c2ccccc2Br)cc1. The van der Waals surface area contributed by atoms with Gasteiger partial charge in [0.15, 0.2) is 0 Å². The van der Waals surface area contributed by atoms with E-state index in [1.54, 1.807) is 0 Å². The van der Waals surface area contributed by atoms with E-state index in [4.69, 9.17) is 10.5 Å². The molecule has 1 unspecified atom stereocenters. The summed E-state index contributed by atoms with van der Waals surface area (Å²) in [6.07, 6.45) is 0. The van der Waals surface area contributed by atoms with Crippen molar-refractivity contribution in [1.82, 2.24) is 0 Å². The van der Waals surface area contributed by atoms with Crippen LogP contribution in [-0.2, 0) is 0 Å². The molecule has 0 saturated carbocycles. The maximum Gasteiger partial charge on any atom is 0.119 e. The van der Waals surface area contributed by atoms with Gasteiger partial charge in [-0.25, -0.2) is 0 Å². The second-order valence-corrected chi connectivity index (χ2v) is 4.86. The molecule has 0 saturated heterocycles. The summed E-state index contributed by atoms with van der Waals surface area (Å²) in [4.78, 5) is 0. The lowest BCUT2D eigenvalue weighted by Crippen LogP contribution is -2.12. The van der Waals surface area contributed by atoms with Crippen LogP contribution in [0.15, 0.2) is 53.0 Å². The fourth-order valence-electron chi connectivity index (χ4n) is 1.84. The highest BCUT2D eigenvalue weighted by Gasteiger charge is 2.11. The van der Waals surface area contributed by atoms with Gasteiger partial charge in [-0.2, -0.15) is 0 Å². The predicted octanol–water partition coefficient (Wildman–Crippen LogP) is 3.90. The molecule has 2 rings (SSSR count). The molecule has 0 amide bonds. The third kappa shape index (κ3) is 2.92. The summed E-state index contributed by atoms with van der Waals surface area (Å²) in [7, 11) is 0. The Morgan fingerprint density at radius 2 is 1.78 bits per heavy atom. The van der Waals surface area contributed by atoms with Crippen LogP contribution in [0.3, 0.4) is 0 Å². The molecule has 3 heteroatoms. The fraction of sp³-hybridized carbons (Fsp3) is 0.200. The monoisotopic (exact) mass is 305 g/mol. The van der Waals surface area contributed by atoms with E-state index < -0.39 is 0 Å². The van der Waals surface area contributed by atoms with Crippen molar-refractivity contribution >= 4 is 15.9 Å². The minimum Gasteiger partial charge on any atom is -0.494 e. The number of nitrogens with two attached hydrogens (primary N) is 1. The van der Waals surface area contributed by atoms with E-state index in [1.165, 1.54) is 0 Å². The number of hydrogen-bond acceptors (Lipinski definition) is 2. The summed E-state index contributed by atoms with van der Waals surface area (Å²) < 4.78 is 6.45. The second kappa shape index (κ2) is 6.03. The lowest BCUT2D eigenvalue weighted by atomic mass is 10.00. The van der Waals surface area contributed by atoms with Crippen LogP contribution in [0.25, 0.3) is 0 Å². The second-order valence-electron chi connectivity index (χ2n) is 4.00. The third-order valence-corrected chi connectivity index (χ3v) is 3.51. The number of hydrogen-bond donors (Lipinski definition) is 1. The Morgan fingerprint density at radius 1 is 1.11 bits per heavy atom. The molecule has 0 radical (unpaired) electrons. The summed E-state index contributed by atoms with van der Waals surface area (Å²) in [5.41, 5.74) is 8.43. The summed E-state index contributed by atoms with van der Waals surface area (Å²) in [5.74, 6) is 0.876. The zero-order valence-electron chi connectivity index (χ0n) is 10.3. The van der Waals surface area contributed by atoms with Crippen molar-refractivity contribution < 1.29 is 4.74 Å². The van der Waals surface area contributed by atoms with E-state index in [9.17, 15) is 0 Å². The summed E-state index contributed by atoms with van der Waals surface area (Å²) >= 11 is 3.53. The van der Waals surface area contributed by atoms with Crippen LogP contribution in [-0.4, -0.2) is 6.61 Å². The van der Waals surface area contributed by atoms with E-state index in [-0.39, 0.29) is 6.04 Å². The Labute approximate surface area is 116 Å². The lowest BCUT2D eigenvalue weighted by Gasteiger charge is -2.14. The smallest absolute Gasteiger partial charge is 0.119 e. The zero-order valence-corrected chi connectivity index (χ0v) is 11.9. The molecule has 2 aromatic rings. The van der Waals surface area contributed by atoms with Crippen molar-refractivity contribution in [3.8, 4) is 5.75 Å². The van der Waals surface area contributed by atoms with E-state index in [0.29, 0.717) is 6.61 Å². The van der Waals surface area contributed by atoms with E-state index in [1.807, 2.05) is 55.5 Å². The molecular weight excluding hydrogens is 290 g/mol. The molecule has 18 heavy (non-hydrogen) atoms. The molecule has 2 N–H and O–H groups in total. The van der Waals surface area contributed by atoms with Crippen LogP contribution in [0, 0.1) is 0 Å². The molecule has 0 aromatic heterocycles. The van der Waals surface area contributed by atoms with Gasteiger partial charge in [0.2, 0.25) is 0 Å². The van der Waals surface area contributed by atoms with Crippen LogP contribution in [0.1, 0.15) is 24.1 Å². The average molecular weight is 306 g/mol. The summed E-state index contributed by atoms with van der Waals surface area (Å²) in [5, 5.41) is 0. The van der Waals surface area contributed by atoms with E-state index in [0.717, 1.165) is 21.3 Å². The van der Waals surface area contributed by atoms with Crippen molar-refractivity contribution in [2.75, 3.05) is 6.61 Å². The number of benzene rings is 2. The van der Waals surface area contributed by atoms with Crippen LogP contribution in [0.2, 0.25) is 0 Å². The molecular formula is C15H16BrNO. The molecule has 0 spiro atoms. The first-order valence-corrected chi connectivity index (χ1v) is 6.74. The first-order chi connectivity index (χ1) is 8.72. The maximum atomic E-state index is 6.27. The molecule has 0 heterocycles. The van der Waals surface area contributed by atoms with E-state index in [2.05, 4.69) is 15.9 Å². The van der Waals surface area contributed by atoms with Gasteiger partial charge in [-0.1, -0.05) is 46.3 Å². The molecule has 0 aliphatic rings. The van der Waals surface area contributed by atoms with Gasteiger partial charge in [-0.15, -0.1) is 0 Å². The lowest BCUT2D eigenvalue weighted by molar-refractivity contribution is 0.340. The standard InChI is InChI=1S/C15H16BrNO/c1-2-18-12-9-7-11(8-10-12)15(17)13-5-3-4-6-14(13)16/h3-10,15H,2,17H2,1H3. The highest BCUT2D eigenvalue weighted by molar-refractivity contribution is 9.10. The van der Waals surface area contributed by atoms with Gasteiger partial charge in [0.05, 0.1) is 12.6 Å². The van der Waals surface area contributed by atoms with Crippen LogP contribution < -0.4 is 10.5 Å². The van der Waals surface area contributed by atoms with Gasteiger partial charge in [0, 0.05) is 4.47 Å². The van der Waals surface area contributed by atoms with Gasteiger partial charge in [-0.05, 0) is 36.2 Å². The number of halogens is 1. The molecule has 2 aromatic carbocycles. The minimum absolute atomic E-state index is 0.128. The topological polar surface area (TPSA) is 35.2 Å². The Balaban J connectivity index is 2.23. The van der Waals surface area contributed by atoms with Crippen molar-refractivity contribution in [2.45, 2.75) is 13.0 Å². The Kier molecular flexibility index (Phi) is 4.39. The van der Waals surface area contributed by atoms with Gasteiger partial charge in [-0.3, -0.25) is 0 Å². The quantitative estimate of drug-likeness (QED) is 0.930. The third-order valence-electron chi connectivity index (χ3n) is 2.79. The van der Waals surface area contributed by atoms with Crippen LogP contribution >= 0.6 is 15.9 Å². The van der Waals surface area contributed by atoms with Crippen molar-refractivity contribution in [1.29, 1.82) is 0 Å². The molecule has 0 aliphatic heterocycles. The fourth-order valence-corrected chi connectivity index (χ4v) is 2.38. The van der Waals surface area contributed by atoms with Crippen molar-refractivity contribution in [3.63, 3.8) is 0 Å². The zero-order chi connectivity index (χ0) is 13.0. The predicted molar refractivity (Wildman–Crippen MR) is 77.8 cm³/mol. The Hall–Kier alpha value is -1.32. The minimum atomic E-state index is -0.128. The highest BCUT2D eigenvalue weighted by Crippen LogP contribution is 2.27. The van der Waals surface area contributed by atoms with Crippen molar-refractivity contribution in [3.05, 3.63) is 64.1 Å². The highest BCUT2D eigenvalue weighted by atomic mass is 79.9. The van der Waals surface area contributed by atoms with Gasteiger partial charge in [0.1, 0.15) is 5.75 Å². The number of ether oxygens (including phenoxy) is 1. The summed E-state index contributed by atoms with van der Waals surface area (Å²) in [6.45, 7) is 2.65. The summed E-state index contributed by atoms with van der Waals surface area (Å²) in [6, 6.07) is 15.8. The Bertz CT molecular complexity index is 510. The maximum absolute atomic E-state index is 6.27. The normalized spacial score (nSPS) is 12.2. The van der Waals surface area contributed by atoms with Crippen LogP contribution in [0.5, 0.6) is 5.75 Å². The molecule has 2 nitrogen and oxygen atoms in total. The van der Waals surface area contributed by atoms with Gasteiger partial charge >= 0.3 is 0 Å². The number of rotatable bonds is 4. The molecule has 0 bridgehead atoms.